The molecule has 0 bridgehead atoms. The van der Waals surface area contributed by atoms with E-state index in [2.05, 4.69) is 45.7 Å². The van der Waals surface area contributed by atoms with Crippen molar-refractivity contribution in [2.45, 2.75) is 69.2 Å². The molecule has 28 heavy (non-hydrogen) atoms. The van der Waals surface area contributed by atoms with Crippen LogP contribution in [0.2, 0.25) is 18.1 Å². The van der Waals surface area contributed by atoms with Crippen molar-refractivity contribution in [1.82, 2.24) is 4.31 Å². The maximum atomic E-state index is 13.3. The fraction of sp³-hybridized carbons (Fsp3) is 0.579. The molecular weight excluding hydrogens is 396 g/mol. The van der Waals surface area contributed by atoms with Crippen molar-refractivity contribution in [2.24, 2.45) is 0 Å². The fourth-order valence-electron chi connectivity index (χ4n) is 2.90. The predicted molar refractivity (Wildman–Crippen MR) is 111 cm³/mol. The summed E-state index contributed by atoms with van der Waals surface area (Å²) in [6.45, 7) is 14.1. The van der Waals surface area contributed by atoms with Crippen LogP contribution in [0.15, 0.2) is 29.2 Å². The topological polar surface area (TPSA) is 89.5 Å². The molecule has 0 N–H and O–H groups in total. The molecule has 1 unspecified atom stereocenters. The van der Waals surface area contributed by atoms with Gasteiger partial charge in [0.15, 0.2) is 13.2 Å². The zero-order valence-corrected chi connectivity index (χ0v) is 19.3. The highest BCUT2D eigenvalue weighted by Gasteiger charge is 2.66. The first-order valence-electron chi connectivity index (χ1n) is 9.06. The zero-order valence-electron chi connectivity index (χ0n) is 17.4. The molecule has 1 aliphatic heterocycles. The third kappa shape index (κ3) is 3.87. The second-order valence-corrected chi connectivity index (χ2v) is 15.2. The van der Waals surface area contributed by atoms with Crippen LogP contribution in [0.3, 0.4) is 0 Å². The summed E-state index contributed by atoms with van der Waals surface area (Å²) >= 11 is 0. The molecule has 0 aliphatic carbocycles. The Morgan fingerprint density at radius 2 is 1.89 bits per heavy atom. The standard InChI is InChI=1S/C19H28N2O5SSi/c1-8-13-19(5)17(14-26-28(6,7)18(2,3)4)20(19)27(24,25)16-12-10-9-11-15(16)21(22)23/h9-12,17H,14H2,1-7H3/t17-,19+,20?/m1/s1. The molecule has 1 aromatic rings. The zero-order chi connectivity index (χ0) is 21.5. The Labute approximate surface area is 168 Å². The lowest BCUT2D eigenvalue weighted by Crippen LogP contribution is -2.42. The van der Waals surface area contributed by atoms with E-state index in [9.17, 15) is 18.5 Å². The Morgan fingerprint density at radius 3 is 2.39 bits per heavy atom. The Morgan fingerprint density at radius 1 is 1.32 bits per heavy atom. The summed E-state index contributed by atoms with van der Waals surface area (Å²) in [5.41, 5.74) is -1.38. The summed E-state index contributed by atoms with van der Waals surface area (Å²) in [6.07, 6.45) is 0. The van der Waals surface area contributed by atoms with E-state index in [1.165, 1.54) is 28.6 Å². The van der Waals surface area contributed by atoms with Crippen molar-refractivity contribution in [1.29, 1.82) is 0 Å². The summed E-state index contributed by atoms with van der Waals surface area (Å²) in [5, 5.41) is 11.3. The summed E-state index contributed by atoms with van der Waals surface area (Å²) in [5.74, 6) is 5.74. The van der Waals surface area contributed by atoms with Crippen LogP contribution in [-0.4, -0.2) is 44.2 Å². The maximum absolute atomic E-state index is 13.3. The highest BCUT2D eigenvalue weighted by molar-refractivity contribution is 7.89. The molecule has 0 amide bonds. The average Bonchev–Trinajstić information content (AvgIpc) is 3.17. The van der Waals surface area contributed by atoms with Crippen LogP contribution in [0.1, 0.15) is 34.6 Å². The number of hydrogen-bond donors (Lipinski definition) is 0. The van der Waals surface area contributed by atoms with Gasteiger partial charge in [-0.25, -0.2) is 8.42 Å². The lowest BCUT2D eigenvalue weighted by molar-refractivity contribution is -0.387. The van der Waals surface area contributed by atoms with Crippen LogP contribution in [-0.2, 0) is 14.4 Å². The molecule has 3 atom stereocenters. The quantitative estimate of drug-likeness (QED) is 0.228. The van der Waals surface area contributed by atoms with E-state index in [0.717, 1.165) is 0 Å². The number of benzene rings is 1. The lowest BCUT2D eigenvalue weighted by Gasteiger charge is -2.36. The van der Waals surface area contributed by atoms with Crippen LogP contribution >= 0.6 is 0 Å². The second kappa shape index (κ2) is 7.26. The van der Waals surface area contributed by atoms with Crippen LogP contribution in [0.5, 0.6) is 0 Å². The fourth-order valence-corrected chi connectivity index (χ4v) is 6.00. The summed E-state index contributed by atoms with van der Waals surface area (Å²) < 4.78 is 34.0. The first-order chi connectivity index (χ1) is 12.7. The summed E-state index contributed by atoms with van der Waals surface area (Å²) in [6, 6.07) is 4.90. The van der Waals surface area contributed by atoms with E-state index in [1.807, 2.05) is 0 Å². The Hall–Kier alpha value is -1.73. The third-order valence-electron chi connectivity index (χ3n) is 5.71. The molecule has 2 rings (SSSR count). The monoisotopic (exact) mass is 424 g/mol. The molecule has 0 spiro atoms. The van der Waals surface area contributed by atoms with Gasteiger partial charge in [-0.1, -0.05) is 38.8 Å². The van der Waals surface area contributed by atoms with Gasteiger partial charge in [0.25, 0.3) is 15.7 Å². The largest absolute Gasteiger partial charge is 0.415 e. The Kier molecular flexibility index (Phi) is 5.85. The van der Waals surface area contributed by atoms with Crippen LogP contribution < -0.4 is 0 Å². The number of nitro benzene ring substituents is 1. The van der Waals surface area contributed by atoms with E-state index in [4.69, 9.17) is 4.43 Å². The van der Waals surface area contributed by atoms with E-state index in [0.29, 0.717) is 0 Å². The molecule has 154 valence electrons. The van der Waals surface area contributed by atoms with Crippen molar-refractivity contribution in [3.63, 3.8) is 0 Å². The molecular formula is C19H28N2O5SSi. The molecule has 0 radical (unpaired) electrons. The molecule has 0 aromatic heterocycles. The molecule has 7 nitrogen and oxygen atoms in total. The van der Waals surface area contributed by atoms with Gasteiger partial charge in [-0.3, -0.25) is 10.1 Å². The van der Waals surface area contributed by atoms with Gasteiger partial charge in [-0.05, 0) is 38.0 Å². The minimum absolute atomic E-state index is 0.0172. The first-order valence-corrected chi connectivity index (χ1v) is 13.4. The van der Waals surface area contributed by atoms with Gasteiger partial charge < -0.3 is 4.43 Å². The number of para-hydroxylation sites is 1. The van der Waals surface area contributed by atoms with Gasteiger partial charge in [-0.2, -0.15) is 4.31 Å². The molecule has 9 heteroatoms. The van der Waals surface area contributed by atoms with Gasteiger partial charge in [-0.15, -0.1) is 5.92 Å². The van der Waals surface area contributed by atoms with Crippen molar-refractivity contribution in [3.05, 3.63) is 34.4 Å². The Balaban J connectivity index is 2.40. The number of nitro groups is 1. The summed E-state index contributed by atoms with van der Waals surface area (Å²) in [4.78, 5) is 10.3. The number of sulfonamides is 1. The SMILES string of the molecule is CC#C[C@@]1(C)[C@@H](CO[Si](C)(C)C(C)(C)C)N1S(=O)(=O)c1ccccc1[N+](=O)[O-]. The Bertz CT molecular complexity index is 943. The van der Waals surface area contributed by atoms with E-state index in [-0.39, 0.29) is 16.5 Å². The number of nitrogens with zero attached hydrogens (tertiary/aromatic N) is 2. The van der Waals surface area contributed by atoms with Crippen molar-refractivity contribution in [3.8, 4) is 11.8 Å². The minimum atomic E-state index is -4.10. The van der Waals surface area contributed by atoms with Gasteiger partial charge in [0, 0.05) is 6.07 Å². The summed E-state index contributed by atoms with van der Waals surface area (Å²) in [7, 11) is -6.19. The third-order valence-corrected chi connectivity index (χ3v) is 12.3. The van der Waals surface area contributed by atoms with Gasteiger partial charge in [0.1, 0.15) is 5.54 Å². The molecule has 1 fully saturated rings. The molecule has 1 saturated heterocycles. The van der Waals surface area contributed by atoms with Gasteiger partial charge in [0.2, 0.25) is 0 Å². The van der Waals surface area contributed by atoms with Gasteiger partial charge in [0.05, 0.1) is 17.6 Å². The second-order valence-electron chi connectivity index (χ2n) is 8.64. The first kappa shape index (κ1) is 22.6. The minimum Gasteiger partial charge on any atom is -0.415 e. The average molecular weight is 425 g/mol. The van der Waals surface area contributed by atoms with E-state index in [1.54, 1.807) is 13.8 Å². The maximum Gasteiger partial charge on any atom is 0.289 e. The normalized spacial score (nSPS) is 25.0. The smallest absolute Gasteiger partial charge is 0.289 e. The number of hydrogen-bond acceptors (Lipinski definition) is 5. The molecule has 0 saturated carbocycles. The predicted octanol–water partition coefficient (Wildman–Crippen LogP) is 3.77. The van der Waals surface area contributed by atoms with Gasteiger partial charge >= 0.3 is 0 Å². The number of rotatable bonds is 6. The van der Waals surface area contributed by atoms with E-state index >= 15 is 0 Å². The van der Waals surface area contributed by atoms with Crippen molar-refractivity contribution < 1.29 is 17.8 Å². The highest BCUT2D eigenvalue weighted by Crippen LogP contribution is 2.48. The van der Waals surface area contributed by atoms with E-state index < -0.39 is 40.5 Å². The highest BCUT2D eigenvalue weighted by atomic mass is 32.2. The van der Waals surface area contributed by atoms with Crippen molar-refractivity contribution >= 4 is 24.0 Å². The molecule has 1 heterocycles. The molecule has 1 aromatic carbocycles. The van der Waals surface area contributed by atoms with Crippen LogP contribution in [0.25, 0.3) is 0 Å². The van der Waals surface area contributed by atoms with Crippen LogP contribution in [0.4, 0.5) is 5.69 Å². The van der Waals surface area contributed by atoms with Crippen LogP contribution in [0, 0.1) is 22.0 Å². The molecule has 1 aliphatic rings. The lowest BCUT2D eigenvalue weighted by atomic mass is 10.1. The van der Waals surface area contributed by atoms with Crippen molar-refractivity contribution in [2.75, 3.05) is 6.61 Å².